The molecule has 160 valence electrons. The van der Waals surface area contributed by atoms with Crippen LogP contribution in [-0.2, 0) is 6.42 Å². The van der Waals surface area contributed by atoms with Crippen LogP contribution in [-0.4, -0.2) is 32.2 Å². The Bertz CT molecular complexity index is 1360. The molecule has 0 unspecified atom stereocenters. The molecule has 2 aromatic carbocycles. The number of hydrogen-bond acceptors (Lipinski definition) is 5. The summed E-state index contributed by atoms with van der Waals surface area (Å²) in [6.07, 6.45) is 4.16. The van der Waals surface area contributed by atoms with Gasteiger partial charge in [-0.25, -0.2) is 14.6 Å². The molecule has 3 aromatic heterocycles. The molecule has 0 bridgehead atoms. The zero-order chi connectivity index (χ0) is 22.1. The van der Waals surface area contributed by atoms with Crippen LogP contribution in [0.25, 0.3) is 21.3 Å². The number of rotatable bonds is 6. The minimum absolute atomic E-state index is 0.105. The van der Waals surface area contributed by atoms with E-state index in [9.17, 15) is 4.79 Å². The number of anilines is 1. The fraction of sp³-hybridized carbons (Fsp3) is 0.200. The highest BCUT2D eigenvalue weighted by Gasteiger charge is 2.22. The van der Waals surface area contributed by atoms with Crippen LogP contribution in [0.1, 0.15) is 35.8 Å². The molecule has 6 nitrogen and oxygen atoms in total. The number of aromatic nitrogens is 4. The van der Waals surface area contributed by atoms with Crippen LogP contribution in [0.15, 0.2) is 73.1 Å². The molecule has 32 heavy (non-hydrogen) atoms. The number of thiazole rings is 1. The molecule has 0 radical (unpaired) electrons. The van der Waals surface area contributed by atoms with Crippen molar-refractivity contribution in [3.63, 3.8) is 0 Å². The first-order chi connectivity index (χ1) is 15.6. The topological polar surface area (TPSA) is 63.9 Å². The van der Waals surface area contributed by atoms with Gasteiger partial charge in [0.25, 0.3) is 5.91 Å². The van der Waals surface area contributed by atoms with Crippen LogP contribution >= 0.6 is 11.3 Å². The van der Waals surface area contributed by atoms with Gasteiger partial charge in [0, 0.05) is 24.2 Å². The van der Waals surface area contributed by atoms with Crippen molar-refractivity contribution in [1.82, 2.24) is 19.7 Å². The molecule has 0 saturated carbocycles. The number of benzene rings is 2. The first-order valence-corrected chi connectivity index (χ1v) is 11.5. The van der Waals surface area contributed by atoms with E-state index in [0.717, 1.165) is 27.7 Å². The van der Waals surface area contributed by atoms with Crippen molar-refractivity contribution in [2.75, 3.05) is 11.4 Å². The number of carbonyl (C=O) groups excluding carboxylic acids is 1. The third kappa shape index (κ3) is 3.87. The number of carbonyl (C=O) groups is 1. The average molecular weight is 442 g/mol. The zero-order valence-electron chi connectivity index (χ0n) is 18.0. The van der Waals surface area contributed by atoms with Gasteiger partial charge < -0.3 is 0 Å². The Labute approximate surface area is 190 Å². The highest BCUT2D eigenvalue weighted by molar-refractivity contribution is 7.22. The van der Waals surface area contributed by atoms with E-state index >= 15 is 0 Å². The normalized spacial score (nSPS) is 11.5. The van der Waals surface area contributed by atoms with Crippen molar-refractivity contribution in [3.05, 3.63) is 84.2 Å². The van der Waals surface area contributed by atoms with Gasteiger partial charge in [0.1, 0.15) is 0 Å². The van der Waals surface area contributed by atoms with Gasteiger partial charge in [-0.15, -0.1) is 0 Å². The van der Waals surface area contributed by atoms with E-state index < -0.39 is 0 Å². The van der Waals surface area contributed by atoms with Crippen LogP contribution < -0.4 is 4.90 Å². The van der Waals surface area contributed by atoms with Crippen LogP contribution in [0.4, 0.5) is 5.13 Å². The summed E-state index contributed by atoms with van der Waals surface area (Å²) in [7, 11) is 0. The molecule has 5 rings (SSSR count). The summed E-state index contributed by atoms with van der Waals surface area (Å²) in [4.78, 5) is 24.7. The number of hydrogen-bond donors (Lipinski definition) is 0. The monoisotopic (exact) mass is 441 g/mol. The summed E-state index contributed by atoms with van der Waals surface area (Å²) >= 11 is 1.53. The highest BCUT2D eigenvalue weighted by Crippen LogP contribution is 2.30. The lowest BCUT2D eigenvalue weighted by Crippen LogP contribution is -2.33. The second-order valence-electron chi connectivity index (χ2n) is 7.98. The fourth-order valence-electron chi connectivity index (χ4n) is 3.74. The number of fused-ring (bicyclic) bond motifs is 2. The number of para-hydroxylation sites is 1. The zero-order valence-corrected chi connectivity index (χ0v) is 18.8. The van der Waals surface area contributed by atoms with Crippen molar-refractivity contribution in [2.45, 2.75) is 26.3 Å². The largest absolute Gasteiger partial charge is 0.284 e. The number of nitrogens with zero attached hydrogens (tertiary/aromatic N) is 5. The van der Waals surface area contributed by atoms with Gasteiger partial charge >= 0.3 is 0 Å². The van der Waals surface area contributed by atoms with Gasteiger partial charge in [-0.1, -0.05) is 53.8 Å². The van der Waals surface area contributed by atoms with Gasteiger partial charge in [-0.05, 0) is 44.0 Å². The Morgan fingerprint density at radius 3 is 2.62 bits per heavy atom. The van der Waals surface area contributed by atoms with E-state index in [-0.39, 0.29) is 11.9 Å². The Morgan fingerprint density at radius 1 is 1.06 bits per heavy atom. The SMILES string of the molecule is CC(C)n1ncc2cc(C(=O)N(CCc3ccccc3)c3nc4ccccc4s3)cnc21. The molecule has 5 aromatic rings. The highest BCUT2D eigenvalue weighted by atomic mass is 32.1. The van der Waals surface area contributed by atoms with Crippen LogP contribution in [0.2, 0.25) is 0 Å². The molecule has 0 N–H and O–H groups in total. The Balaban J connectivity index is 1.51. The smallest absolute Gasteiger partial charge is 0.261 e. The standard InChI is InChI=1S/C25H23N5OS/c1-17(2)30-23-19(16-27-30)14-20(15-26-23)24(31)29(13-12-18-8-4-3-5-9-18)25-28-21-10-6-7-11-22(21)32-25/h3-11,14-17H,12-13H2,1-2H3. The van der Waals surface area contributed by atoms with Crippen molar-refractivity contribution in [3.8, 4) is 0 Å². The van der Waals surface area contributed by atoms with Crippen LogP contribution in [0, 0.1) is 0 Å². The maximum Gasteiger partial charge on any atom is 0.261 e. The number of pyridine rings is 1. The maximum atomic E-state index is 13.7. The van der Waals surface area contributed by atoms with Crippen LogP contribution in [0.5, 0.6) is 0 Å². The van der Waals surface area contributed by atoms with E-state index in [0.29, 0.717) is 17.2 Å². The van der Waals surface area contributed by atoms with Gasteiger partial charge in [0.15, 0.2) is 10.8 Å². The minimum atomic E-state index is -0.105. The number of amides is 1. The van der Waals surface area contributed by atoms with E-state index in [1.165, 1.54) is 16.9 Å². The van der Waals surface area contributed by atoms with Gasteiger partial charge in [-0.2, -0.15) is 5.10 Å². The van der Waals surface area contributed by atoms with Crippen molar-refractivity contribution in [2.24, 2.45) is 0 Å². The van der Waals surface area contributed by atoms with Crippen molar-refractivity contribution in [1.29, 1.82) is 0 Å². The molecular formula is C25H23N5OS. The predicted octanol–water partition coefficient (Wildman–Crippen LogP) is 5.51. The molecule has 0 aliphatic heterocycles. The molecule has 0 saturated heterocycles. The quantitative estimate of drug-likeness (QED) is 0.348. The molecule has 1 amide bonds. The second-order valence-corrected chi connectivity index (χ2v) is 8.99. The van der Waals surface area contributed by atoms with Gasteiger partial charge in [0.2, 0.25) is 0 Å². The summed E-state index contributed by atoms with van der Waals surface area (Å²) in [6, 6.07) is 20.2. The van der Waals surface area contributed by atoms with Gasteiger partial charge in [-0.3, -0.25) is 9.69 Å². The summed E-state index contributed by atoms with van der Waals surface area (Å²) in [5, 5.41) is 5.98. The molecule has 0 aliphatic rings. The Kier molecular flexibility index (Phi) is 5.41. The summed E-state index contributed by atoms with van der Waals surface area (Å²) < 4.78 is 2.93. The minimum Gasteiger partial charge on any atom is -0.284 e. The molecule has 0 fully saturated rings. The third-order valence-electron chi connectivity index (χ3n) is 5.40. The van der Waals surface area contributed by atoms with E-state index in [4.69, 9.17) is 4.98 Å². The molecule has 3 heterocycles. The van der Waals surface area contributed by atoms with Crippen molar-refractivity contribution >= 4 is 43.6 Å². The van der Waals surface area contributed by atoms with E-state index in [1.54, 1.807) is 17.3 Å². The van der Waals surface area contributed by atoms with Crippen molar-refractivity contribution < 1.29 is 4.79 Å². The fourth-order valence-corrected chi connectivity index (χ4v) is 4.73. The Hall–Kier alpha value is -3.58. The molecule has 7 heteroatoms. The third-order valence-corrected chi connectivity index (χ3v) is 6.45. The molecule has 0 atom stereocenters. The lowest BCUT2D eigenvalue weighted by atomic mass is 10.1. The second kappa shape index (κ2) is 8.51. The maximum absolute atomic E-state index is 13.7. The lowest BCUT2D eigenvalue weighted by molar-refractivity contribution is 0.0987. The first kappa shape index (κ1) is 20.3. The molecule has 0 aliphatic carbocycles. The summed E-state index contributed by atoms with van der Waals surface area (Å²) in [5.41, 5.74) is 3.40. The molecular weight excluding hydrogens is 418 g/mol. The summed E-state index contributed by atoms with van der Waals surface area (Å²) in [6.45, 7) is 4.66. The lowest BCUT2D eigenvalue weighted by Gasteiger charge is -2.20. The van der Waals surface area contributed by atoms with E-state index in [2.05, 4.69) is 36.1 Å². The Morgan fingerprint density at radius 2 is 1.84 bits per heavy atom. The predicted molar refractivity (Wildman–Crippen MR) is 129 cm³/mol. The van der Waals surface area contributed by atoms with Crippen LogP contribution in [0.3, 0.4) is 0 Å². The average Bonchev–Trinajstić information content (AvgIpc) is 3.43. The first-order valence-electron chi connectivity index (χ1n) is 10.6. The molecule has 0 spiro atoms. The van der Waals surface area contributed by atoms with Gasteiger partial charge in [0.05, 0.1) is 22.0 Å². The van der Waals surface area contributed by atoms with E-state index in [1.807, 2.05) is 53.2 Å². The summed E-state index contributed by atoms with van der Waals surface area (Å²) in [5.74, 6) is -0.105.